The number of aromatic nitrogens is 1. The number of hydrogen-bond donors (Lipinski definition) is 0. The van der Waals surface area contributed by atoms with E-state index in [0.29, 0.717) is 0 Å². The molecule has 0 unspecified atom stereocenters. The molecule has 0 aliphatic heterocycles. The molecule has 8 nitrogen and oxygen atoms in total. The summed E-state index contributed by atoms with van der Waals surface area (Å²) in [5.41, 5.74) is -0.447. The highest BCUT2D eigenvalue weighted by atomic mass is 16.6. The summed E-state index contributed by atoms with van der Waals surface area (Å²) in [7, 11) is 2.34. The molecule has 0 radical (unpaired) electrons. The van der Waals surface area contributed by atoms with Crippen molar-refractivity contribution in [3.05, 3.63) is 34.2 Å². The predicted molar refractivity (Wildman–Crippen MR) is 65.0 cm³/mol. The molecule has 0 aromatic carbocycles. The van der Waals surface area contributed by atoms with E-state index >= 15 is 0 Å². The molecule has 8 heteroatoms. The van der Waals surface area contributed by atoms with Gasteiger partial charge in [0.1, 0.15) is 6.54 Å². The minimum absolute atomic E-state index is 0.0254. The van der Waals surface area contributed by atoms with Gasteiger partial charge in [-0.1, -0.05) is 0 Å². The van der Waals surface area contributed by atoms with Crippen molar-refractivity contribution < 1.29 is 28.6 Å². The summed E-state index contributed by atoms with van der Waals surface area (Å²) in [5, 5.41) is 0. The molecular weight excluding hydrogens is 270 g/mol. The molecular formula is C12H13NO7. The van der Waals surface area contributed by atoms with E-state index in [-0.39, 0.29) is 12.1 Å². The van der Waals surface area contributed by atoms with E-state index in [9.17, 15) is 19.2 Å². The van der Waals surface area contributed by atoms with Gasteiger partial charge in [-0.25, -0.2) is 9.59 Å². The normalized spacial score (nSPS) is 9.70. The molecule has 1 aromatic heterocycles. The first-order valence-electron chi connectivity index (χ1n) is 5.49. The Bertz CT molecular complexity index is 575. The average Bonchev–Trinajstić information content (AvgIpc) is 2.46. The topological polar surface area (TPSA) is 101 Å². The maximum Gasteiger partial charge on any atom is 0.344 e. The highest BCUT2D eigenvalue weighted by molar-refractivity contribution is 5.90. The summed E-state index contributed by atoms with van der Waals surface area (Å²) >= 11 is 0. The average molecular weight is 283 g/mol. The summed E-state index contributed by atoms with van der Waals surface area (Å²) in [4.78, 5) is 45.1. The van der Waals surface area contributed by atoms with Crippen LogP contribution in [0.2, 0.25) is 0 Å². The van der Waals surface area contributed by atoms with Gasteiger partial charge in [-0.3, -0.25) is 9.59 Å². The molecule has 0 N–H and O–H groups in total. The molecule has 0 amide bonds. The number of methoxy groups -OCH3 is 2. The second-order valence-corrected chi connectivity index (χ2v) is 3.61. The van der Waals surface area contributed by atoms with Crippen LogP contribution in [0.1, 0.15) is 10.4 Å². The Hall–Kier alpha value is -2.64. The Morgan fingerprint density at radius 1 is 1.10 bits per heavy atom. The van der Waals surface area contributed by atoms with Crippen LogP contribution in [0.15, 0.2) is 23.1 Å². The number of ether oxygens (including phenoxy) is 3. The number of carbonyl (C=O) groups excluding carboxylic acids is 3. The third kappa shape index (κ3) is 4.23. The lowest BCUT2D eigenvalue weighted by Crippen LogP contribution is -2.25. The zero-order valence-electron chi connectivity index (χ0n) is 11.0. The van der Waals surface area contributed by atoms with Crippen molar-refractivity contribution in [2.24, 2.45) is 0 Å². The fourth-order valence-corrected chi connectivity index (χ4v) is 1.25. The highest BCUT2D eigenvalue weighted by Crippen LogP contribution is 2.00. The van der Waals surface area contributed by atoms with Gasteiger partial charge >= 0.3 is 17.9 Å². The first kappa shape index (κ1) is 15.4. The lowest BCUT2D eigenvalue weighted by atomic mass is 10.3. The van der Waals surface area contributed by atoms with Gasteiger partial charge < -0.3 is 18.8 Å². The van der Waals surface area contributed by atoms with E-state index in [1.54, 1.807) is 0 Å². The lowest BCUT2D eigenvalue weighted by Gasteiger charge is -2.07. The van der Waals surface area contributed by atoms with Crippen LogP contribution in [0.4, 0.5) is 0 Å². The smallest absolute Gasteiger partial charge is 0.344 e. The molecule has 20 heavy (non-hydrogen) atoms. The monoisotopic (exact) mass is 283 g/mol. The van der Waals surface area contributed by atoms with Gasteiger partial charge in [-0.2, -0.15) is 0 Å². The second-order valence-electron chi connectivity index (χ2n) is 3.61. The molecule has 0 aliphatic rings. The Balaban J connectivity index is 2.83. The zero-order chi connectivity index (χ0) is 15.1. The van der Waals surface area contributed by atoms with Crippen LogP contribution in [0.25, 0.3) is 0 Å². The molecule has 1 rings (SSSR count). The van der Waals surface area contributed by atoms with Crippen molar-refractivity contribution in [2.75, 3.05) is 20.8 Å². The van der Waals surface area contributed by atoms with Crippen molar-refractivity contribution in [3.8, 4) is 0 Å². The molecule has 0 spiro atoms. The lowest BCUT2D eigenvalue weighted by molar-refractivity contribution is -0.144. The Morgan fingerprint density at radius 3 is 2.35 bits per heavy atom. The van der Waals surface area contributed by atoms with Crippen molar-refractivity contribution in [1.82, 2.24) is 4.57 Å². The van der Waals surface area contributed by atoms with Crippen LogP contribution in [-0.2, 0) is 30.3 Å². The van der Waals surface area contributed by atoms with E-state index in [4.69, 9.17) is 0 Å². The quantitative estimate of drug-likeness (QED) is 0.522. The SMILES string of the molecule is COC(=O)COC(=O)c1ccc(=O)n(CC(=O)OC)c1. The van der Waals surface area contributed by atoms with E-state index < -0.39 is 30.1 Å². The summed E-state index contributed by atoms with van der Waals surface area (Å²) in [5.74, 6) is -2.15. The minimum atomic E-state index is -0.811. The first-order chi connectivity index (χ1) is 9.47. The van der Waals surface area contributed by atoms with Crippen LogP contribution in [-0.4, -0.2) is 43.3 Å². The number of rotatable bonds is 5. The largest absolute Gasteiger partial charge is 0.468 e. The van der Waals surface area contributed by atoms with E-state index in [1.807, 2.05) is 0 Å². The van der Waals surface area contributed by atoms with Gasteiger partial charge in [0, 0.05) is 12.3 Å². The maximum absolute atomic E-state index is 11.6. The molecule has 108 valence electrons. The molecule has 0 bridgehead atoms. The summed E-state index contributed by atoms with van der Waals surface area (Å²) in [6.45, 7) is -0.862. The van der Waals surface area contributed by atoms with Gasteiger partial charge in [-0.15, -0.1) is 0 Å². The van der Waals surface area contributed by atoms with Crippen molar-refractivity contribution in [2.45, 2.75) is 6.54 Å². The van der Waals surface area contributed by atoms with Gasteiger partial charge in [-0.05, 0) is 6.07 Å². The molecule has 1 heterocycles. The third-order valence-electron chi connectivity index (χ3n) is 2.30. The van der Waals surface area contributed by atoms with E-state index in [2.05, 4.69) is 14.2 Å². The molecule has 0 saturated heterocycles. The van der Waals surface area contributed by atoms with E-state index in [1.165, 1.54) is 13.2 Å². The van der Waals surface area contributed by atoms with Crippen molar-refractivity contribution >= 4 is 17.9 Å². The molecule has 0 fully saturated rings. The van der Waals surface area contributed by atoms with Crippen molar-refractivity contribution in [3.63, 3.8) is 0 Å². The third-order valence-corrected chi connectivity index (χ3v) is 2.30. The minimum Gasteiger partial charge on any atom is -0.468 e. The number of pyridine rings is 1. The summed E-state index contributed by atoms with van der Waals surface area (Å²) in [6.07, 6.45) is 1.15. The Labute approximate surface area is 113 Å². The van der Waals surface area contributed by atoms with Gasteiger partial charge in [0.25, 0.3) is 5.56 Å². The highest BCUT2D eigenvalue weighted by Gasteiger charge is 2.13. The van der Waals surface area contributed by atoms with Crippen LogP contribution in [0.5, 0.6) is 0 Å². The number of carbonyl (C=O) groups is 3. The molecule has 0 aliphatic carbocycles. The van der Waals surface area contributed by atoms with Crippen LogP contribution in [0, 0.1) is 0 Å². The number of hydrogen-bond acceptors (Lipinski definition) is 7. The number of esters is 3. The predicted octanol–water partition coefficient (Wildman–Crippen LogP) is -0.649. The number of nitrogens with zero attached hydrogens (tertiary/aromatic N) is 1. The summed E-state index contributed by atoms with van der Waals surface area (Å²) < 4.78 is 14.4. The fourth-order valence-electron chi connectivity index (χ4n) is 1.25. The van der Waals surface area contributed by atoms with Gasteiger partial charge in [0.05, 0.1) is 19.8 Å². The first-order valence-corrected chi connectivity index (χ1v) is 5.49. The second kappa shape index (κ2) is 7.07. The fraction of sp³-hybridized carbons (Fsp3) is 0.333. The van der Waals surface area contributed by atoms with Gasteiger partial charge in [0.15, 0.2) is 6.61 Å². The molecule has 1 aromatic rings. The zero-order valence-corrected chi connectivity index (χ0v) is 11.0. The van der Waals surface area contributed by atoms with Crippen LogP contribution >= 0.6 is 0 Å². The molecule has 0 saturated carbocycles. The van der Waals surface area contributed by atoms with Gasteiger partial charge in [0.2, 0.25) is 0 Å². The Kier molecular flexibility index (Phi) is 5.45. The van der Waals surface area contributed by atoms with Crippen LogP contribution < -0.4 is 5.56 Å². The summed E-state index contributed by atoms with van der Waals surface area (Å²) in [6, 6.07) is 2.34. The van der Waals surface area contributed by atoms with Crippen LogP contribution in [0.3, 0.4) is 0 Å². The van der Waals surface area contributed by atoms with E-state index in [0.717, 1.165) is 23.9 Å². The Morgan fingerprint density at radius 2 is 1.75 bits per heavy atom. The molecule has 0 atom stereocenters. The maximum atomic E-state index is 11.6. The standard InChI is InChI=1S/C12H13NO7/c1-18-10(15)6-13-5-8(3-4-9(13)14)12(17)20-7-11(16)19-2/h3-5H,6-7H2,1-2H3. The van der Waals surface area contributed by atoms with Crippen molar-refractivity contribution in [1.29, 1.82) is 0 Å².